The summed E-state index contributed by atoms with van der Waals surface area (Å²) in [4.78, 5) is 15.8. The summed E-state index contributed by atoms with van der Waals surface area (Å²) in [6, 6.07) is 7.87. The highest BCUT2D eigenvalue weighted by molar-refractivity contribution is 7.80. The first-order chi connectivity index (χ1) is 15.0. The lowest BCUT2D eigenvalue weighted by Crippen LogP contribution is -2.39. The van der Waals surface area contributed by atoms with Crippen molar-refractivity contribution in [3.8, 4) is 0 Å². The fraction of sp³-hybridized carbons (Fsp3) is 0.429. The van der Waals surface area contributed by atoms with Crippen LogP contribution in [0.2, 0.25) is 0 Å². The number of benzene rings is 1. The van der Waals surface area contributed by atoms with Crippen LogP contribution in [0.3, 0.4) is 0 Å². The number of rotatable bonds is 6. The van der Waals surface area contributed by atoms with Gasteiger partial charge in [0.05, 0.1) is 13.2 Å². The quantitative estimate of drug-likeness (QED) is 0.271. The Hall–Kier alpha value is -2.69. The lowest BCUT2D eigenvalue weighted by atomic mass is 10.3. The fourth-order valence-corrected chi connectivity index (χ4v) is 3.33. The maximum Gasteiger partial charge on any atom is 0.229 e. The van der Waals surface area contributed by atoms with E-state index < -0.39 is 0 Å². The summed E-state index contributed by atoms with van der Waals surface area (Å²) in [5.74, 6) is 0.591. The molecule has 1 fully saturated rings. The first-order valence-corrected chi connectivity index (χ1v) is 10.7. The average Bonchev–Trinajstić information content (AvgIpc) is 2.73. The molecule has 3 N–H and O–H groups in total. The Morgan fingerprint density at radius 3 is 2.48 bits per heavy atom. The maximum absolute atomic E-state index is 13.1. The van der Waals surface area contributed by atoms with E-state index in [1.807, 2.05) is 19.9 Å². The molecule has 0 unspecified atom stereocenters. The zero-order valence-corrected chi connectivity index (χ0v) is 18.6. The summed E-state index contributed by atoms with van der Waals surface area (Å²) in [5, 5.41) is 9.53. The molecule has 2 aromatic rings. The van der Waals surface area contributed by atoms with Gasteiger partial charge < -0.3 is 15.4 Å². The second-order valence-electron chi connectivity index (χ2n) is 7.22. The molecule has 1 aromatic heterocycles. The van der Waals surface area contributed by atoms with Crippen LogP contribution in [0.4, 0.5) is 16.0 Å². The number of aromatic nitrogens is 2. The standard InChI is InChI=1S/C21H28FN7OS/c1-15-14-16(2)25-20(24-15)27-19(23-8-3-9-29-10-12-30-13-11-29)28-21(31)26-18-6-4-17(22)5-7-18/h4-7,14H,3,8-13H2,1-2H3,(H3,23,24,25,26,27,28,31). The number of thiocarbonyl (C=S) groups is 1. The van der Waals surface area contributed by atoms with E-state index in [-0.39, 0.29) is 5.82 Å². The van der Waals surface area contributed by atoms with Crippen LogP contribution in [0.5, 0.6) is 0 Å². The monoisotopic (exact) mass is 445 g/mol. The van der Waals surface area contributed by atoms with Crippen LogP contribution in [-0.2, 0) is 4.74 Å². The minimum Gasteiger partial charge on any atom is -0.379 e. The van der Waals surface area contributed by atoms with Gasteiger partial charge >= 0.3 is 0 Å². The van der Waals surface area contributed by atoms with Crippen LogP contribution in [0, 0.1) is 19.7 Å². The Kier molecular flexibility index (Phi) is 8.63. The van der Waals surface area contributed by atoms with Crippen molar-refractivity contribution in [1.29, 1.82) is 0 Å². The molecule has 3 rings (SSSR count). The molecular weight excluding hydrogens is 417 g/mol. The molecule has 0 saturated carbocycles. The minimum atomic E-state index is -0.305. The summed E-state index contributed by atoms with van der Waals surface area (Å²) in [6.45, 7) is 8.86. The van der Waals surface area contributed by atoms with Gasteiger partial charge in [-0.15, -0.1) is 0 Å². The third-order valence-corrected chi connectivity index (χ3v) is 4.76. The van der Waals surface area contributed by atoms with E-state index in [1.54, 1.807) is 12.1 Å². The zero-order valence-electron chi connectivity index (χ0n) is 17.8. The third-order valence-electron chi connectivity index (χ3n) is 4.55. The number of anilines is 2. The van der Waals surface area contributed by atoms with Crippen LogP contribution < -0.4 is 16.0 Å². The number of aliphatic imine (C=N–C) groups is 1. The number of aryl methyl sites for hydroxylation is 2. The van der Waals surface area contributed by atoms with Gasteiger partial charge in [0.1, 0.15) is 5.82 Å². The Labute approximate surface area is 187 Å². The predicted molar refractivity (Wildman–Crippen MR) is 125 cm³/mol. The van der Waals surface area contributed by atoms with Crippen LogP contribution in [0.1, 0.15) is 17.8 Å². The lowest BCUT2D eigenvalue weighted by molar-refractivity contribution is 0.0377. The normalized spacial score (nSPS) is 14.9. The van der Waals surface area contributed by atoms with Gasteiger partial charge in [0.15, 0.2) is 5.11 Å². The molecule has 0 amide bonds. The van der Waals surface area contributed by atoms with Gasteiger partial charge in [0.2, 0.25) is 11.9 Å². The molecule has 0 radical (unpaired) electrons. The summed E-state index contributed by atoms with van der Waals surface area (Å²) >= 11 is 5.39. The molecule has 1 saturated heterocycles. The molecule has 0 atom stereocenters. The van der Waals surface area contributed by atoms with Crippen molar-refractivity contribution >= 4 is 34.9 Å². The van der Waals surface area contributed by atoms with Crippen LogP contribution >= 0.6 is 12.2 Å². The fourth-order valence-electron chi connectivity index (χ4n) is 3.11. The summed E-state index contributed by atoms with van der Waals surface area (Å²) < 4.78 is 18.5. The number of ether oxygens (including phenoxy) is 1. The third kappa shape index (κ3) is 8.16. The number of hydrogen-bond donors (Lipinski definition) is 3. The zero-order chi connectivity index (χ0) is 22.1. The second kappa shape index (κ2) is 11.6. The summed E-state index contributed by atoms with van der Waals surface area (Å²) in [6.07, 6.45) is 0.902. The largest absolute Gasteiger partial charge is 0.379 e. The summed E-state index contributed by atoms with van der Waals surface area (Å²) in [7, 11) is 0. The molecule has 1 aliphatic heterocycles. The van der Waals surface area contributed by atoms with Gasteiger partial charge in [-0.25, -0.2) is 14.4 Å². The van der Waals surface area contributed by atoms with E-state index >= 15 is 0 Å². The number of nitrogens with zero attached hydrogens (tertiary/aromatic N) is 4. The number of hydrogen-bond acceptors (Lipinski definition) is 6. The van der Waals surface area contributed by atoms with Crippen molar-refractivity contribution in [1.82, 2.24) is 20.2 Å². The topological polar surface area (TPSA) is 86.7 Å². The predicted octanol–water partition coefficient (Wildman–Crippen LogP) is 2.71. The smallest absolute Gasteiger partial charge is 0.229 e. The molecule has 10 heteroatoms. The van der Waals surface area contributed by atoms with E-state index in [2.05, 4.69) is 35.8 Å². The molecule has 0 spiro atoms. The van der Waals surface area contributed by atoms with Crippen LogP contribution in [0.25, 0.3) is 0 Å². The van der Waals surface area contributed by atoms with Crippen molar-refractivity contribution < 1.29 is 9.13 Å². The second-order valence-corrected chi connectivity index (χ2v) is 7.63. The summed E-state index contributed by atoms with van der Waals surface area (Å²) in [5.41, 5.74) is 2.38. The van der Waals surface area contributed by atoms with E-state index in [1.165, 1.54) is 12.1 Å². The van der Waals surface area contributed by atoms with Gasteiger partial charge in [-0.2, -0.15) is 0 Å². The van der Waals surface area contributed by atoms with Gasteiger partial charge in [-0.05, 0) is 62.8 Å². The van der Waals surface area contributed by atoms with Crippen LogP contribution in [0.15, 0.2) is 35.3 Å². The van der Waals surface area contributed by atoms with Crippen molar-refractivity contribution in [2.24, 2.45) is 4.99 Å². The number of nitrogens with one attached hydrogen (secondary N) is 3. The van der Waals surface area contributed by atoms with E-state index in [9.17, 15) is 4.39 Å². The molecule has 1 aromatic carbocycles. The number of guanidine groups is 1. The van der Waals surface area contributed by atoms with Crippen molar-refractivity contribution in [2.45, 2.75) is 20.3 Å². The highest BCUT2D eigenvalue weighted by Crippen LogP contribution is 2.08. The Balaban J connectivity index is 1.61. The minimum absolute atomic E-state index is 0.305. The van der Waals surface area contributed by atoms with E-state index in [0.29, 0.717) is 29.3 Å². The molecule has 2 heterocycles. The highest BCUT2D eigenvalue weighted by atomic mass is 32.1. The molecular formula is C21H28FN7OS. The molecule has 0 aliphatic carbocycles. The number of morpholine rings is 1. The Bertz CT molecular complexity index is 881. The van der Waals surface area contributed by atoms with Crippen molar-refractivity contribution in [3.05, 3.63) is 47.5 Å². The van der Waals surface area contributed by atoms with Gasteiger partial charge in [-0.1, -0.05) is 0 Å². The Morgan fingerprint density at radius 1 is 1.13 bits per heavy atom. The highest BCUT2D eigenvalue weighted by Gasteiger charge is 2.10. The molecule has 1 aliphatic rings. The Morgan fingerprint density at radius 2 is 1.81 bits per heavy atom. The maximum atomic E-state index is 13.1. The van der Waals surface area contributed by atoms with E-state index in [4.69, 9.17) is 17.0 Å². The lowest BCUT2D eigenvalue weighted by Gasteiger charge is -2.26. The molecule has 166 valence electrons. The first kappa shape index (κ1) is 23.0. The molecule has 8 nitrogen and oxygen atoms in total. The number of halogens is 1. The molecule has 0 bridgehead atoms. The van der Waals surface area contributed by atoms with Gasteiger partial charge in [0.25, 0.3) is 0 Å². The molecule has 31 heavy (non-hydrogen) atoms. The average molecular weight is 446 g/mol. The van der Waals surface area contributed by atoms with Crippen molar-refractivity contribution in [3.63, 3.8) is 0 Å². The van der Waals surface area contributed by atoms with Gasteiger partial charge in [0, 0.05) is 43.3 Å². The van der Waals surface area contributed by atoms with Crippen molar-refractivity contribution in [2.75, 3.05) is 50.0 Å². The van der Waals surface area contributed by atoms with Gasteiger partial charge in [-0.3, -0.25) is 15.2 Å². The van der Waals surface area contributed by atoms with Crippen LogP contribution in [-0.4, -0.2) is 65.3 Å². The SMILES string of the molecule is Cc1cc(C)nc(NC(=NCCCN2CCOCC2)NC(=S)Nc2ccc(F)cc2)n1. The first-order valence-electron chi connectivity index (χ1n) is 10.3. The van der Waals surface area contributed by atoms with E-state index in [0.717, 1.165) is 50.7 Å².